The first kappa shape index (κ1) is 19.7. The molecule has 1 aliphatic heterocycles. The summed E-state index contributed by atoms with van der Waals surface area (Å²) in [7, 11) is 1.72. The summed E-state index contributed by atoms with van der Waals surface area (Å²) >= 11 is 0. The van der Waals surface area contributed by atoms with E-state index in [0.29, 0.717) is 0 Å². The third kappa shape index (κ3) is 3.80. The smallest absolute Gasteiger partial charge is 0.134 e. The Morgan fingerprint density at radius 1 is 1.15 bits per heavy atom. The van der Waals surface area contributed by atoms with Crippen molar-refractivity contribution in [1.82, 2.24) is 9.97 Å². The Morgan fingerprint density at radius 2 is 1.93 bits per heavy atom. The lowest BCUT2D eigenvalue weighted by molar-refractivity contribution is 0.104. The molecule has 0 spiro atoms. The molecule has 4 nitrogen and oxygen atoms in total. The average Bonchev–Trinajstić information content (AvgIpc) is 2.64. The van der Waals surface area contributed by atoms with E-state index in [1.165, 1.54) is 31.2 Å². The van der Waals surface area contributed by atoms with Crippen LogP contribution in [0.25, 0.3) is 11.3 Å². The third-order valence-corrected chi connectivity index (χ3v) is 5.69. The molecule has 0 unspecified atom stereocenters. The Kier molecular flexibility index (Phi) is 5.45. The van der Waals surface area contributed by atoms with Gasteiger partial charge in [-0.3, -0.25) is 0 Å². The van der Waals surface area contributed by atoms with Crippen LogP contribution in [0.3, 0.4) is 0 Å². The fraction of sp³-hybridized carbons (Fsp3) is 0.565. The van der Waals surface area contributed by atoms with Gasteiger partial charge in [0.2, 0.25) is 0 Å². The van der Waals surface area contributed by atoms with Gasteiger partial charge >= 0.3 is 0 Å². The monoisotopic (exact) mass is 368 g/mol. The number of ether oxygens (including phenoxy) is 2. The summed E-state index contributed by atoms with van der Waals surface area (Å²) in [6, 6.07) is 4.34. The standard InChI is InChI=1S/C23H32N2O2/c1-7-8-9-10-11-22(2,3)16-12-18(26-6)20-19(13-16)27-23(4,5)17-14-24-15-25-21(17)20/h12-15H,7-11H2,1-6H3. The summed E-state index contributed by atoms with van der Waals surface area (Å²) in [6.07, 6.45) is 9.68. The van der Waals surface area contributed by atoms with Crippen LogP contribution in [0.2, 0.25) is 0 Å². The van der Waals surface area contributed by atoms with Crippen molar-refractivity contribution >= 4 is 0 Å². The van der Waals surface area contributed by atoms with Crippen LogP contribution in [0.5, 0.6) is 11.5 Å². The highest BCUT2D eigenvalue weighted by molar-refractivity contribution is 5.79. The largest absolute Gasteiger partial charge is 0.496 e. The van der Waals surface area contributed by atoms with Gasteiger partial charge in [0.15, 0.2) is 0 Å². The lowest BCUT2D eigenvalue weighted by Gasteiger charge is -2.36. The van der Waals surface area contributed by atoms with Crippen LogP contribution in [-0.2, 0) is 11.0 Å². The Hall–Kier alpha value is -2.10. The molecule has 4 heteroatoms. The third-order valence-electron chi connectivity index (χ3n) is 5.69. The number of aromatic nitrogens is 2. The molecule has 3 rings (SSSR count). The van der Waals surface area contributed by atoms with Crippen molar-refractivity contribution in [3.63, 3.8) is 0 Å². The summed E-state index contributed by atoms with van der Waals surface area (Å²) < 4.78 is 12.2. The lowest BCUT2D eigenvalue weighted by Crippen LogP contribution is -2.30. The van der Waals surface area contributed by atoms with Crippen LogP contribution >= 0.6 is 0 Å². The molecule has 27 heavy (non-hydrogen) atoms. The van der Waals surface area contributed by atoms with Crippen LogP contribution in [-0.4, -0.2) is 17.1 Å². The molecule has 146 valence electrons. The van der Waals surface area contributed by atoms with E-state index in [2.05, 4.69) is 56.7 Å². The summed E-state index contributed by atoms with van der Waals surface area (Å²) in [4.78, 5) is 8.75. The molecule has 2 heterocycles. The highest BCUT2D eigenvalue weighted by Crippen LogP contribution is 2.50. The van der Waals surface area contributed by atoms with Gasteiger partial charge in [0.05, 0.1) is 18.4 Å². The van der Waals surface area contributed by atoms with Crippen LogP contribution in [0.1, 0.15) is 77.8 Å². The minimum atomic E-state index is -0.474. The quantitative estimate of drug-likeness (QED) is 0.560. The van der Waals surface area contributed by atoms with Gasteiger partial charge in [0.1, 0.15) is 23.4 Å². The van der Waals surface area contributed by atoms with E-state index in [4.69, 9.17) is 9.47 Å². The van der Waals surface area contributed by atoms with Gasteiger partial charge < -0.3 is 9.47 Å². The first-order valence-corrected chi connectivity index (χ1v) is 10.0. The van der Waals surface area contributed by atoms with E-state index in [1.54, 1.807) is 13.4 Å². The molecule has 0 saturated heterocycles. The molecule has 0 amide bonds. The average molecular weight is 369 g/mol. The molecule has 2 aromatic rings. The minimum absolute atomic E-state index is 0.0650. The molecule has 0 bridgehead atoms. The highest BCUT2D eigenvalue weighted by Gasteiger charge is 2.37. The van der Waals surface area contributed by atoms with Crippen molar-refractivity contribution < 1.29 is 9.47 Å². The molecule has 0 saturated carbocycles. The minimum Gasteiger partial charge on any atom is -0.496 e. The fourth-order valence-electron chi connectivity index (χ4n) is 3.89. The van der Waals surface area contributed by atoms with E-state index in [9.17, 15) is 0 Å². The van der Waals surface area contributed by atoms with Gasteiger partial charge in [0.25, 0.3) is 0 Å². The number of methoxy groups -OCH3 is 1. The van der Waals surface area contributed by atoms with Crippen molar-refractivity contribution in [2.24, 2.45) is 0 Å². The topological polar surface area (TPSA) is 44.2 Å². The second-order valence-electron chi connectivity index (χ2n) is 8.64. The van der Waals surface area contributed by atoms with Gasteiger partial charge in [-0.05, 0) is 43.4 Å². The molecular weight excluding hydrogens is 336 g/mol. The maximum absolute atomic E-state index is 6.41. The van der Waals surface area contributed by atoms with Crippen LogP contribution in [0.4, 0.5) is 0 Å². The van der Waals surface area contributed by atoms with Crippen molar-refractivity contribution in [2.75, 3.05) is 7.11 Å². The predicted octanol–water partition coefficient (Wildman–Crippen LogP) is 6.03. The van der Waals surface area contributed by atoms with Crippen LogP contribution < -0.4 is 9.47 Å². The van der Waals surface area contributed by atoms with Gasteiger partial charge in [-0.2, -0.15) is 0 Å². The number of rotatable bonds is 7. The number of benzene rings is 1. The summed E-state index contributed by atoms with van der Waals surface area (Å²) in [5.74, 6) is 1.67. The predicted molar refractivity (Wildman–Crippen MR) is 109 cm³/mol. The number of hydrogen-bond acceptors (Lipinski definition) is 4. The lowest BCUT2D eigenvalue weighted by atomic mass is 9.78. The summed E-state index contributed by atoms with van der Waals surface area (Å²) in [5, 5.41) is 0. The zero-order chi connectivity index (χ0) is 19.7. The second-order valence-corrected chi connectivity index (χ2v) is 8.64. The molecule has 0 atom stereocenters. The normalized spacial score (nSPS) is 14.9. The molecule has 1 aromatic carbocycles. The van der Waals surface area contributed by atoms with E-state index in [1.807, 2.05) is 6.20 Å². The number of nitrogens with zero attached hydrogens (tertiary/aromatic N) is 2. The summed E-state index contributed by atoms with van der Waals surface area (Å²) in [6.45, 7) is 11.0. The van der Waals surface area contributed by atoms with Crippen molar-refractivity contribution in [3.8, 4) is 22.8 Å². The van der Waals surface area contributed by atoms with Gasteiger partial charge in [-0.25, -0.2) is 9.97 Å². The highest BCUT2D eigenvalue weighted by atomic mass is 16.5. The molecule has 1 aliphatic rings. The van der Waals surface area contributed by atoms with Crippen molar-refractivity contribution in [2.45, 2.75) is 77.7 Å². The maximum atomic E-state index is 6.41. The SMILES string of the molecule is CCCCCCC(C)(C)c1cc(OC)c2c(c1)OC(C)(C)c1cncnc1-2. The van der Waals surface area contributed by atoms with Crippen molar-refractivity contribution in [3.05, 3.63) is 35.8 Å². The number of unbranched alkanes of at least 4 members (excludes halogenated alkanes) is 3. The molecule has 0 N–H and O–H groups in total. The summed E-state index contributed by atoms with van der Waals surface area (Å²) in [5.41, 5.74) is 3.67. The van der Waals surface area contributed by atoms with Crippen LogP contribution in [0.15, 0.2) is 24.7 Å². The van der Waals surface area contributed by atoms with Crippen molar-refractivity contribution in [1.29, 1.82) is 0 Å². The van der Waals surface area contributed by atoms with E-state index >= 15 is 0 Å². The first-order valence-electron chi connectivity index (χ1n) is 10.0. The fourth-order valence-corrected chi connectivity index (χ4v) is 3.89. The molecule has 0 radical (unpaired) electrons. The second kappa shape index (κ2) is 7.49. The van der Waals surface area contributed by atoms with E-state index in [0.717, 1.165) is 34.7 Å². The Morgan fingerprint density at radius 3 is 2.63 bits per heavy atom. The zero-order valence-corrected chi connectivity index (χ0v) is 17.6. The zero-order valence-electron chi connectivity index (χ0n) is 17.6. The first-order chi connectivity index (χ1) is 12.8. The molecule has 0 fully saturated rings. The Balaban J connectivity index is 2.03. The number of fused-ring (bicyclic) bond motifs is 3. The Labute approximate surface area is 163 Å². The maximum Gasteiger partial charge on any atom is 0.134 e. The van der Waals surface area contributed by atoms with E-state index < -0.39 is 5.60 Å². The molecule has 0 aliphatic carbocycles. The molecular formula is C23H32N2O2. The van der Waals surface area contributed by atoms with Crippen LogP contribution in [0, 0.1) is 0 Å². The number of hydrogen-bond donors (Lipinski definition) is 0. The molecule has 1 aromatic heterocycles. The van der Waals surface area contributed by atoms with Gasteiger partial charge in [-0.1, -0.05) is 46.5 Å². The van der Waals surface area contributed by atoms with Gasteiger partial charge in [-0.15, -0.1) is 0 Å². The van der Waals surface area contributed by atoms with E-state index in [-0.39, 0.29) is 5.41 Å². The Bertz CT molecular complexity index is 812. The van der Waals surface area contributed by atoms with Gasteiger partial charge in [0, 0.05) is 11.8 Å².